The second-order valence-corrected chi connectivity index (χ2v) is 6.35. The Hall–Kier alpha value is -1.93. The van der Waals surface area contributed by atoms with Crippen LogP contribution in [0.25, 0.3) is 10.2 Å². The molecule has 1 aliphatic rings. The summed E-state index contributed by atoms with van der Waals surface area (Å²) in [6, 6.07) is 9.90. The van der Waals surface area contributed by atoms with Gasteiger partial charge in [0.05, 0.1) is 21.1 Å². The minimum absolute atomic E-state index is 0.127. The lowest BCUT2D eigenvalue weighted by Crippen LogP contribution is -2.27. The summed E-state index contributed by atoms with van der Waals surface area (Å²) in [5, 5.41) is 9.58. The molecule has 4 nitrogen and oxygen atoms in total. The van der Waals surface area contributed by atoms with Gasteiger partial charge in [0.1, 0.15) is 6.07 Å². The fourth-order valence-corrected chi connectivity index (χ4v) is 4.14. The minimum Gasteiger partial charge on any atom is -0.450 e. The number of rotatable bonds is 3. The van der Waals surface area contributed by atoms with Crippen molar-refractivity contribution in [1.82, 2.24) is 4.98 Å². The highest BCUT2D eigenvalue weighted by molar-refractivity contribution is 7.18. The summed E-state index contributed by atoms with van der Waals surface area (Å²) < 4.78 is 6.19. The molecule has 5 heteroatoms. The first kappa shape index (κ1) is 14.0. The summed E-state index contributed by atoms with van der Waals surface area (Å²) in [4.78, 5) is 16.9. The zero-order valence-electron chi connectivity index (χ0n) is 11.6. The van der Waals surface area contributed by atoms with E-state index in [1.54, 1.807) is 11.3 Å². The van der Waals surface area contributed by atoms with Crippen LogP contribution in [0.2, 0.25) is 0 Å². The van der Waals surface area contributed by atoms with Crippen molar-refractivity contribution < 1.29 is 9.53 Å². The number of esters is 1. The third-order valence-corrected chi connectivity index (χ3v) is 5.14. The molecule has 0 aliphatic heterocycles. The van der Waals surface area contributed by atoms with Crippen LogP contribution in [-0.2, 0) is 9.53 Å². The Morgan fingerprint density at radius 2 is 2.19 bits per heavy atom. The first-order valence-corrected chi connectivity index (χ1v) is 8.00. The van der Waals surface area contributed by atoms with Crippen LogP contribution in [0.5, 0.6) is 0 Å². The van der Waals surface area contributed by atoms with E-state index in [9.17, 15) is 4.79 Å². The van der Waals surface area contributed by atoms with Crippen LogP contribution in [0, 0.1) is 17.2 Å². The summed E-state index contributed by atoms with van der Waals surface area (Å²) in [5.41, 5.74) is 0.993. The van der Waals surface area contributed by atoms with Gasteiger partial charge in [0.25, 0.3) is 0 Å². The molecule has 1 aliphatic carbocycles. The van der Waals surface area contributed by atoms with Crippen LogP contribution in [0.4, 0.5) is 0 Å². The Bertz CT molecular complexity index is 656. The minimum atomic E-state index is -0.250. The van der Waals surface area contributed by atoms with Crippen LogP contribution >= 0.6 is 11.3 Å². The van der Waals surface area contributed by atoms with Gasteiger partial charge < -0.3 is 4.74 Å². The number of aromatic nitrogens is 1. The first-order valence-electron chi connectivity index (χ1n) is 7.18. The quantitative estimate of drug-likeness (QED) is 0.812. The molecule has 1 aromatic carbocycles. The normalized spacial score (nSPS) is 21.9. The Kier molecular flexibility index (Phi) is 4.16. The van der Waals surface area contributed by atoms with Crippen molar-refractivity contribution in [2.24, 2.45) is 5.92 Å². The topological polar surface area (TPSA) is 63.0 Å². The number of ether oxygens (including phenoxy) is 1. The third-order valence-electron chi connectivity index (χ3n) is 3.98. The van der Waals surface area contributed by atoms with Gasteiger partial charge >= 0.3 is 5.97 Å². The van der Waals surface area contributed by atoms with Crippen LogP contribution < -0.4 is 0 Å². The van der Waals surface area contributed by atoms with E-state index in [-0.39, 0.29) is 24.4 Å². The fraction of sp³-hybridized carbons (Fsp3) is 0.438. The standard InChI is InChI=1S/C16H16N2O2S/c17-9-10-20-16(19)12-6-2-1-5-11(12)15-18-13-7-3-4-8-14(13)21-15/h3-4,7-8,11-12H,1-2,5-6,10H2/t11-,12-/m1/s1. The van der Waals surface area contributed by atoms with E-state index in [4.69, 9.17) is 15.0 Å². The molecule has 2 aromatic rings. The number of nitriles is 1. The Balaban J connectivity index is 1.86. The number of nitrogens with zero attached hydrogens (tertiary/aromatic N) is 2. The van der Waals surface area contributed by atoms with Crippen LogP contribution in [0.3, 0.4) is 0 Å². The van der Waals surface area contributed by atoms with Gasteiger partial charge in [-0.25, -0.2) is 4.98 Å². The predicted molar refractivity (Wildman–Crippen MR) is 80.9 cm³/mol. The summed E-state index contributed by atoms with van der Waals surface area (Å²) in [5.74, 6) is -0.282. The molecule has 1 fully saturated rings. The highest BCUT2D eigenvalue weighted by Gasteiger charge is 2.35. The number of hydrogen-bond donors (Lipinski definition) is 0. The van der Waals surface area contributed by atoms with Gasteiger partial charge in [-0.2, -0.15) is 5.26 Å². The van der Waals surface area contributed by atoms with E-state index >= 15 is 0 Å². The van der Waals surface area contributed by atoms with Crippen molar-refractivity contribution in [1.29, 1.82) is 5.26 Å². The molecule has 0 radical (unpaired) electrons. The van der Waals surface area contributed by atoms with Crippen LogP contribution in [-0.4, -0.2) is 17.6 Å². The maximum atomic E-state index is 12.2. The van der Waals surface area contributed by atoms with Crippen molar-refractivity contribution in [3.8, 4) is 6.07 Å². The Morgan fingerprint density at radius 3 is 3.00 bits per heavy atom. The number of fused-ring (bicyclic) bond motifs is 1. The molecule has 108 valence electrons. The van der Waals surface area contributed by atoms with E-state index in [1.165, 1.54) is 0 Å². The molecular formula is C16H16N2O2S. The number of carbonyl (C=O) groups excluding carboxylic acids is 1. The molecule has 1 saturated carbocycles. The van der Waals surface area contributed by atoms with Gasteiger partial charge in [0.15, 0.2) is 6.61 Å². The summed E-state index contributed by atoms with van der Waals surface area (Å²) in [7, 11) is 0. The lowest BCUT2D eigenvalue weighted by Gasteiger charge is -2.28. The second kappa shape index (κ2) is 6.23. The van der Waals surface area contributed by atoms with Gasteiger partial charge in [-0.05, 0) is 25.0 Å². The second-order valence-electron chi connectivity index (χ2n) is 5.28. The monoisotopic (exact) mass is 300 g/mol. The van der Waals surface area contributed by atoms with Crippen molar-refractivity contribution in [2.75, 3.05) is 6.61 Å². The molecule has 2 atom stereocenters. The van der Waals surface area contributed by atoms with Gasteiger partial charge in [-0.3, -0.25) is 4.79 Å². The molecule has 0 saturated heterocycles. The molecule has 0 amide bonds. The third kappa shape index (κ3) is 2.91. The van der Waals surface area contributed by atoms with Gasteiger partial charge in [-0.15, -0.1) is 11.3 Å². The smallest absolute Gasteiger partial charge is 0.310 e. The van der Waals surface area contributed by atoms with Crippen LogP contribution in [0.1, 0.15) is 36.6 Å². The largest absolute Gasteiger partial charge is 0.450 e. The highest BCUT2D eigenvalue weighted by atomic mass is 32.1. The highest BCUT2D eigenvalue weighted by Crippen LogP contribution is 2.41. The summed E-state index contributed by atoms with van der Waals surface area (Å²) in [6.45, 7) is -0.165. The van der Waals surface area contributed by atoms with E-state index in [1.807, 2.05) is 24.3 Å². The number of thiazole rings is 1. The number of para-hydroxylation sites is 1. The van der Waals surface area contributed by atoms with Crippen molar-refractivity contribution in [3.05, 3.63) is 29.3 Å². The molecule has 0 spiro atoms. The van der Waals surface area contributed by atoms with E-state index < -0.39 is 0 Å². The zero-order valence-corrected chi connectivity index (χ0v) is 12.4. The maximum Gasteiger partial charge on any atom is 0.310 e. The molecule has 0 N–H and O–H groups in total. The first-order chi connectivity index (χ1) is 10.3. The zero-order chi connectivity index (χ0) is 14.7. The molecule has 3 rings (SSSR count). The lowest BCUT2D eigenvalue weighted by atomic mass is 9.79. The summed E-state index contributed by atoms with van der Waals surface area (Å²) in [6.07, 6.45) is 3.94. The molecule has 1 heterocycles. The molecular weight excluding hydrogens is 284 g/mol. The predicted octanol–water partition coefficient (Wildman–Crippen LogP) is 3.64. The van der Waals surface area contributed by atoms with Crippen molar-refractivity contribution in [2.45, 2.75) is 31.6 Å². The van der Waals surface area contributed by atoms with E-state index in [2.05, 4.69) is 6.07 Å². The average Bonchev–Trinajstić information content (AvgIpc) is 2.96. The molecule has 21 heavy (non-hydrogen) atoms. The van der Waals surface area contributed by atoms with Gasteiger partial charge in [0.2, 0.25) is 0 Å². The number of benzene rings is 1. The van der Waals surface area contributed by atoms with E-state index in [0.29, 0.717) is 0 Å². The molecule has 1 aromatic heterocycles. The fourth-order valence-electron chi connectivity index (χ4n) is 2.97. The lowest BCUT2D eigenvalue weighted by molar-refractivity contribution is -0.148. The Labute approximate surface area is 127 Å². The van der Waals surface area contributed by atoms with Gasteiger partial charge in [-0.1, -0.05) is 25.0 Å². The summed E-state index contributed by atoms with van der Waals surface area (Å²) >= 11 is 1.66. The Morgan fingerprint density at radius 1 is 1.38 bits per heavy atom. The van der Waals surface area contributed by atoms with Crippen molar-refractivity contribution >= 4 is 27.5 Å². The molecule has 0 bridgehead atoms. The number of hydrogen-bond acceptors (Lipinski definition) is 5. The van der Waals surface area contributed by atoms with Crippen molar-refractivity contribution in [3.63, 3.8) is 0 Å². The number of carbonyl (C=O) groups is 1. The van der Waals surface area contributed by atoms with Crippen LogP contribution in [0.15, 0.2) is 24.3 Å². The molecule has 0 unspecified atom stereocenters. The SMILES string of the molecule is N#CCOC(=O)[C@@H]1CCCC[C@H]1c1nc2ccccc2s1. The van der Waals surface area contributed by atoms with E-state index in [0.717, 1.165) is 40.9 Å². The average molecular weight is 300 g/mol. The maximum absolute atomic E-state index is 12.2. The van der Waals surface area contributed by atoms with Gasteiger partial charge in [0, 0.05) is 5.92 Å².